The first-order valence-corrected chi connectivity index (χ1v) is 11.8. The molecule has 0 amide bonds. The SMILES string of the molecule is COC1(O)C2c3cc4ccccc4cc3C3=[N+](C(C)=NC4Oc5cc6ccccc6cc5C34)C21. The Balaban J connectivity index is 1.44. The highest BCUT2D eigenvalue weighted by Crippen LogP contribution is 2.60. The van der Waals surface area contributed by atoms with E-state index >= 15 is 0 Å². The Hall–Kier alpha value is -3.54. The molecule has 1 N–H and O–H groups in total. The van der Waals surface area contributed by atoms with E-state index in [0.717, 1.165) is 39.4 Å². The molecular weight excluding hydrogens is 424 g/mol. The number of amidine groups is 1. The van der Waals surface area contributed by atoms with Gasteiger partial charge in [-0.2, -0.15) is 0 Å². The van der Waals surface area contributed by atoms with Crippen LogP contribution in [0, 0.1) is 0 Å². The van der Waals surface area contributed by atoms with E-state index in [1.807, 2.05) is 6.92 Å². The van der Waals surface area contributed by atoms with Crippen molar-refractivity contribution in [3.63, 3.8) is 0 Å². The third-order valence-electron chi connectivity index (χ3n) is 8.17. The molecule has 4 aromatic carbocycles. The monoisotopic (exact) mass is 447 g/mol. The molecule has 0 radical (unpaired) electrons. The van der Waals surface area contributed by atoms with Gasteiger partial charge in [0.25, 0.3) is 12.1 Å². The summed E-state index contributed by atoms with van der Waals surface area (Å²) in [6.07, 6.45) is -0.316. The molecule has 34 heavy (non-hydrogen) atoms. The standard InChI is InChI=1S/C29H23N2O3/c1-15-30-28-24(22-13-18-9-5-6-10-19(18)14-23(22)34-28)26-21-12-17-8-4-3-7-16(17)11-20(21)25-27(31(15)26)29(25,32)33-2/h3-14,24-25,27-28,32H,1-2H3/q+1. The lowest BCUT2D eigenvalue weighted by Crippen LogP contribution is -2.45. The van der Waals surface area contributed by atoms with Crippen molar-refractivity contribution in [1.29, 1.82) is 0 Å². The van der Waals surface area contributed by atoms with E-state index in [1.54, 1.807) is 7.11 Å². The van der Waals surface area contributed by atoms with E-state index < -0.39 is 5.79 Å². The number of fused-ring (bicyclic) bond motifs is 11. The van der Waals surface area contributed by atoms with Gasteiger partial charge in [-0.05, 0) is 56.4 Å². The van der Waals surface area contributed by atoms with Gasteiger partial charge in [-0.1, -0.05) is 48.5 Å². The minimum atomic E-state index is -1.24. The van der Waals surface area contributed by atoms with Gasteiger partial charge in [0.15, 0.2) is 6.04 Å². The highest BCUT2D eigenvalue weighted by Gasteiger charge is 2.75. The second kappa shape index (κ2) is 6.12. The molecule has 5 nitrogen and oxygen atoms in total. The van der Waals surface area contributed by atoms with Crippen molar-refractivity contribution < 1.29 is 19.2 Å². The van der Waals surface area contributed by atoms with Crippen LogP contribution in [0.5, 0.6) is 5.75 Å². The van der Waals surface area contributed by atoms with Crippen molar-refractivity contribution in [3.05, 3.63) is 89.5 Å². The molecule has 5 heteroatoms. The maximum Gasteiger partial charge on any atom is 0.294 e. The highest BCUT2D eigenvalue weighted by atomic mass is 16.6. The van der Waals surface area contributed by atoms with Crippen LogP contribution < -0.4 is 4.74 Å². The van der Waals surface area contributed by atoms with Crippen molar-refractivity contribution in [3.8, 4) is 5.75 Å². The molecule has 1 saturated carbocycles. The van der Waals surface area contributed by atoms with Crippen LogP contribution in [0.15, 0.2) is 77.8 Å². The first kappa shape index (κ1) is 18.8. The average molecular weight is 448 g/mol. The van der Waals surface area contributed by atoms with Crippen LogP contribution >= 0.6 is 0 Å². The number of ether oxygens (including phenoxy) is 2. The third kappa shape index (κ3) is 2.17. The quantitative estimate of drug-likeness (QED) is 0.344. The van der Waals surface area contributed by atoms with Gasteiger partial charge in [-0.3, -0.25) is 0 Å². The van der Waals surface area contributed by atoms with Crippen LogP contribution in [0.2, 0.25) is 0 Å². The minimum Gasteiger partial charge on any atom is -0.447 e. The Morgan fingerprint density at radius 3 is 2.21 bits per heavy atom. The van der Waals surface area contributed by atoms with Crippen molar-refractivity contribution in [2.75, 3.05) is 7.11 Å². The summed E-state index contributed by atoms with van der Waals surface area (Å²) in [4.78, 5) is 4.98. The highest BCUT2D eigenvalue weighted by molar-refractivity contribution is 6.11. The lowest BCUT2D eigenvalue weighted by Gasteiger charge is -2.27. The molecule has 0 aromatic heterocycles. The number of hydrogen-bond donors (Lipinski definition) is 1. The summed E-state index contributed by atoms with van der Waals surface area (Å²) in [5.41, 5.74) is 4.60. The zero-order chi connectivity index (χ0) is 22.8. The van der Waals surface area contributed by atoms with Gasteiger partial charge >= 0.3 is 0 Å². The Labute approximate surface area is 196 Å². The molecule has 0 saturated heterocycles. The third-order valence-corrected chi connectivity index (χ3v) is 8.17. The number of methoxy groups -OCH3 is 1. The van der Waals surface area contributed by atoms with Crippen molar-refractivity contribution in [2.45, 2.75) is 36.8 Å². The van der Waals surface area contributed by atoms with Gasteiger partial charge in [0.1, 0.15) is 17.4 Å². The Kier molecular flexibility index (Phi) is 3.39. The summed E-state index contributed by atoms with van der Waals surface area (Å²) in [7, 11) is 1.60. The van der Waals surface area contributed by atoms with E-state index in [9.17, 15) is 5.11 Å². The molecule has 4 aliphatic rings. The lowest BCUT2D eigenvalue weighted by molar-refractivity contribution is -0.453. The van der Waals surface area contributed by atoms with E-state index in [0.29, 0.717) is 0 Å². The zero-order valence-electron chi connectivity index (χ0n) is 18.9. The molecule has 1 aliphatic carbocycles. The number of hydrogen-bond acceptors (Lipinski definition) is 4. The summed E-state index contributed by atoms with van der Waals surface area (Å²) in [5.74, 6) is 0.331. The molecule has 166 valence electrons. The molecule has 5 unspecified atom stereocenters. The topological polar surface area (TPSA) is 54.1 Å². The predicted octanol–water partition coefficient (Wildman–Crippen LogP) is 4.54. The summed E-state index contributed by atoms with van der Waals surface area (Å²) in [5, 5.41) is 16.2. The molecule has 4 aromatic rings. The maximum absolute atomic E-state index is 11.5. The van der Waals surface area contributed by atoms with Gasteiger partial charge in [-0.15, -0.1) is 0 Å². The Bertz CT molecular complexity index is 1640. The van der Waals surface area contributed by atoms with E-state index in [-0.39, 0.29) is 24.1 Å². The molecular formula is C29H23N2O3+. The van der Waals surface area contributed by atoms with E-state index in [1.165, 1.54) is 16.2 Å². The van der Waals surface area contributed by atoms with Gasteiger partial charge in [0, 0.05) is 25.2 Å². The van der Waals surface area contributed by atoms with Crippen LogP contribution in [-0.4, -0.2) is 46.4 Å². The maximum atomic E-state index is 11.5. The van der Waals surface area contributed by atoms with Crippen molar-refractivity contribution in [1.82, 2.24) is 0 Å². The largest absolute Gasteiger partial charge is 0.447 e. The zero-order valence-corrected chi connectivity index (χ0v) is 18.9. The number of rotatable bonds is 1. The van der Waals surface area contributed by atoms with Gasteiger partial charge < -0.3 is 14.6 Å². The summed E-state index contributed by atoms with van der Waals surface area (Å²) in [6.45, 7) is 2.01. The number of nitrogens with zero attached hydrogens (tertiary/aromatic N) is 2. The molecule has 3 aliphatic heterocycles. The van der Waals surface area contributed by atoms with Crippen LogP contribution in [0.4, 0.5) is 0 Å². The van der Waals surface area contributed by atoms with Gasteiger partial charge in [0.2, 0.25) is 5.79 Å². The van der Waals surface area contributed by atoms with E-state index in [4.69, 9.17) is 14.5 Å². The lowest BCUT2D eigenvalue weighted by atomic mass is 9.82. The van der Waals surface area contributed by atoms with Gasteiger partial charge in [-0.25, -0.2) is 4.58 Å². The van der Waals surface area contributed by atoms with Gasteiger partial charge in [0.05, 0.1) is 5.92 Å². The van der Waals surface area contributed by atoms with Crippen LogP contribution in [0.1, 0.15) is 35.4 Å². The molecule has 3 heterocycles. The van der Waals surface area contributed by atoms with Crippen molar-refractivity contribution >= 4 is 33.1 Å². The second-order valence-electron chi connectivity index (χ2n) is 9.82. The predicted molar refractivity (Wildman–Crippen MR) is 131 cm³/mol. The summed E-state index contributed by atoms with van der Waals surface area (Å²) in [6, 6.07) is 25.5. The molecule has 0 bridgehead atoms. The minimum absolute atomic E-state index is 0.0501. The summed E-state index contributed by atoms with van der Waals surface area (Å²) < 4.78 is 14.4. The molecule has 8 rings (SSSR count). The Morgan fingerprint density at radius 2 is 1.53 bits per heavy atom. The number of aliphatic hydroxyl groups is 1. The average Bonchev–Trinajstić information content (AvgIpc) is 3.33. The first-order valence-electron chi connectivity index (χ1n) is 11.8. The summed E-state index contributed by atoms with van der Waals surface area (Å²) >= 11 is 0. The normalized spacial score (nSPS) is 30.1. The Morgan fingerprint density at radius 1 is 0.912 bits per heavy atom. The van der Waals surface area contributed by atoms with Crippen LogP contribution in [0.25, 0.3) is 21.5 Å². The molecule has 0 spiro atoms. The second-order valence-corrected chi connectivity index (χ2v) is 9.82. The number of benzene rings is 4. The van der Waals surface area contributed by atoms with Crippen molar-refractivity contribution in [2.24, 2.45) is 4.99 Å². The van der Waals surface area contributed by atoms with Crippen LogP contribution in [0.3, 0.4) is 0 Å². The van der Waals surface area contributed by atoms with E-state index in [2.05, 4.69) is 77.4 Å². The first-order chi connectivity index (χ1) is 16.6. The smallest absolute Gasteiger partial charge is 0.294 e. The fourth-order valence-corrected chi connectivity index (χ4v) is 6.58. The van der Waals surface area contributed by atoms with Crippen LogP contribution in [-0.2, 0) is 4.74 Å². The number of aliphatic imine (C=N–C) groups is 1. The fourth-order valence-electron chi connectivity index (χ4n) is 6.58. The molecule has 1 fully saturated rings. The molecule has 5 atom stereocenters. The fraction of sp³-hybridized carbons (Fsp3) is 0.241.